The van der Waals surface area contributed by atoms with Gasteiger partial charge >= 0.3 is 0 Å². The largest absolute Gasteiger partial charge is 0.351 e. The van der Waals surface area contributed by atoms with E-state index in [1.165, 1.54) is 0 Å². The van der Waals surface area contributed by atoms with Gasteiger partial charge in [0.1, 0.15) is 5.88 Å². The summed E-state index contributed by atoms with van der Waals surface area (Å²) in [5.74, 6) is -0.215. The first-order valence-corrected chi connectivity index (χ1v) is 5.12. The van der Waals surface area contributed by atoms with E-state index in [9.17, 15) is 4.79 Å². The summed E-state index contributed by atoms with van der Waals surface area (Å²) in [6.45, 7) is 2.40. The Kier molecular flexibility index (Phi) is 4.23. The Hall–Kier alpha value is -0.730. The lowest BCUT2D eigenvalue weighted by Gasteiger charge is -2.06. The summed E-state index contributed by atoms with van der Waals surface area (Å²) in [5.41, 5.74) is 2.02. The van der Waals surface area contributed by atoms with Crippen LogP contribution in [0.2, 0.25) is 5.02 Å². The van der Waals surface area contributed by atoms with E-state index in [1.54, 1.807) is 0 Å². The molecule has 0 spiro atoms. The summed E-state index contributed by atoms with van der Waals surface area (Å²) in [7, 11) is 0. The molecule has 0 aliphatic heterocycles. The van der Waals surface area contributed by atoms with Crippen molar-refractivity contribution in [2.24, 2.45) is 0 Å². The van der Waals surface area contributed by atoms with Gasteiger partial charge in [-0.25, -0.2) is 0 Å². The van der Waals surface area contributed by atoms with Gasteiger partial charge in [0.05, 0.1) is 0 Å². The fraction of sp³-hybridized carbons (Fsp3) is 0.300. The normalized spacial score (nSPS) is 9.93. The SMILES string of the molecule is Cc1ccc(Cl)c(CNC(=O)CCl)c1. The van der Waals surface area contributed by atoms with Crippen LogP contribution in [0.15, 0.2) is 18.2 Å². The molecule has 0 radical (unpaired) electrons. The third-order valence-corrected chi connectivity index (χ3v) is 2.41. The average Bonchev–Trinajstić information content (AvgIpc) is 2.19. The molecule has 0 aliphatic rings. The zero-order chi connectivity index (χ0) is 10.6. The minimum absolute atomic E-state index is 0.0244. The summed E-state index contributed by atoms with van der Waals surface area (Å²) >= 11 is 11.3. The zero-order valence-corrected chi connectivity index (χ0v) is 9.32. The number of amides is 1. The molecule has 1 rings (SSSR count). The van der Waals surface area contributed by atoms with Crippen molar-refractivity contribution in [1.29, 1.82) is 0 Å². The highest BCUT2D eigenvalue weighted by Gasteiger charge is 2.02. The second-order valence-electron chi connectivity index (χ2n) is 3.01. The van der Waals surface area contributed by atoms with Crippen LogP contribution in [-0.4, -0.2) is 11.8 Å². The minimum Gasteiger partial charge on any atom is -0.351 e. The van der Waals surface area contributed by atoms with Gasteiger partial charge in [0, 0.05) is 11.6 Å². The molecule has 1 aromatic rings. The molecule has 0 saturated carbocycles. The third kappa shape index (κ3) is 3.20. The van der Waals surface area contributed by atoms with Gasteiger partial charge in [0.15, 0.2) is 0 Å². The van der Waals surface area contributed by atoms with Gasteiger partial charge in [-0.2, -0.15) is 0 Å². The van der Waals surface area contributed by atoms with Crippen LogP contribution >= 0.6 is 23.2 Å². The van der Waals surface area contributed by atoms with E-state index in [4.69, 9.17) is 23.2 Å². The smallest absolute Gasteiger partial charge is 0.235 e. The molecular formula is C10H11Cl2NO. The lowest BCUT2D eigenvalue weighted by molar-refractivity contribution is -0.118. The lowest BCUT2D eigenvalue weighted by atomic mass is 10.1. The zero-order valence-electron chi connectivity index (χ0n) is 7.81. The predicted molar refractivity (Wildman–Crippen MR) is 58.8 cm³/mol. The van der Waals surface area contributed by atoms with Crippen LogP contribution in [0.25, 0.3) is 0 Å². The maximum atomic E-state index is 10.9. The van der Waals surface area contributed by atoms with Crippen molar-refractivity contribution in [1.82, 2.24) is 5.32 Å². The Labute approximate surface area is 93.2 Å². The molecule has 0 aromatic heterocycles. The molecule has 0 heterocycles. The van der Waals surface area contributed by atoms with Crippen LogP contribution in [0.4, 0.5) is 0 Å². The average molecular weight is 232 g/mol. The van der Waals surface area contributed by atoms with E-state index >= 15 is 0 Å². The summed E-state index contributed by atoms with van der Waals surface area (Å²) in [4.78, 5) is 10.9. The first kappa shape index (κ1) is 11.3. The third-order valence-electron chi connectivity index (χ3n) is 1.80. The molecule has 4 heteroatoms. The number of alkyl halides is 1. The maximum Gasteiger partial charge on any atom is 0.235 e. The molecule has 0 bridgehead atoms. The van der Waals surface area contributed by atoms with Crippen molar-refractivity contribution in [3.05, 3.63) is 34.3 Å². The summed E-state index contributed by atoms with van der Waals surface area (Å²) in [6, 6.07) is 5.69. The summed E-state index contributed by atoms with van der Waals surface area (Å²) < 4.78 is 0. The van der Waals surface area contributed by atoms with Gasteiger partial charge in [-0.3, -0.25) is 4.79 Å². The maximum absolute atomic E-state index is 10.9. The molecule has 14 heavy (non-hydrogen) atoms. The monoisotopic (exact) mass is 231 g/mol. The Balaban J connectivity index is 2.66. The number of hydrogen-bond donors (Lipinski definition) is 1. The van der Waals surface area contributed by atoms with Gasteiger partial charge in [-0.05, 0) is 18.6 Å². The van der Waals surface area contributed by atoms with Crippen LogP contribution in [-0.2, 0) is 11.3 Å². The van der Waals surface area contributed by atoms with Crippen LogP contribution < -0.4 is 5.32 Å². The number of benzene rings is 1. The second kappa shape index (κ2) is 5.23. The van der Waals surface area contributed by atoms with Crippen molar-refractivity contribution >= 4 is 29.1 Å². The summed E-state index contributed by atoms with van der Waals surface area (Å²) in [6.07, 6.45) is 0. The van der Waals surface area contributed by atoms with Crippen molar-refractivity contribution < 1.29 is 4.79 Å². The molecule has 0 atom stereocenters. The van der Waals surface area contributed by atoms with E-state index in [0.29, 0.717) is 11.6 Å². The van der Waals surface area contributed by atoms with E-state index in [0.717, 1.165) is 11.1 Å². The number of aryl methyl sites for hydroxylation is 1. The fourth-order valence-electron chi connectivity index (χ4n) is 1.08. The number of rotatable bonds is 3. The van der Waals surface area contributed by atoms with Gasteiger partial charge < -0.3 is 5.32 Å². The molecule has 1 N–H and O–H groups in total. The quantitative estimate of drug-likeness (QED) is 0.797. The first-order valence-electron chi connectivity index (χ1n) is 4.21. The van der Waals surface area contributed by atoms with E-state index in [-0.39, 0.29) is 11.8 Å². The Morgan fingerprint density at radius 2 is 2.21 bits per heavy atom. The Bertz CT molecular complexity index is 339. The molecule has 0 saturated heterocycles. The molecule has 0 aliphatic carbocycles. The van der Waals surface area contributed by atoms with Crippen LogP contribution in [0.5, 0.6) is 0 Å². The summed E-state index contributed by atoms with van der Waals surface area (Å²) in [5, 5.41) is 3.32. The lowest BCUT2D eigenvalue weighted by Crippen LogP contribution is -2.23. The second-order valence-corrected chi connectivity index (χ2v) is 3.68. The number of nitrogens with one attached hydrogen (secondary N) is 1. The van der Waals surface area contributed by atoms with Crippen molar-refractivity contribution in [2.75, 3.05) is 5.88 Å². The van der Waals surface area contributed by atoms with E-state index < -0.39 is 0 Å². The molecule has 1 amide bonds. The van der Waals surface area contributed by atoms with Crippen LogP contribution in [0.3, 0.4) is 0 Å². The molecule has 0 unspecified atom stereocenters. The van der Waals surface area contributed by atoms with Crippen molar-refractivity contribution in [3.8, 4) is 0 Å². The number of carbonyl (C=O) groups excluding carboxylic acids is 1. The van der Waals surface area contributed by atoms with Crippen LogP contribution in [0, 0.1) is 6.92 Å². The highest BCUT2D eigenvalue weighted by Crippen LogP contribution is 2.16. The number of halogens is 2. The molecule has 0 fully saturated rings. The highest BCUT2D eigenvalue weighted by atomic mass is 35.5. The highest BCUT2D eigenvalue weighted by molar-refractivity contribution is 6.31. The van der Waals surface area contributed by atoms with Crippen molar-refractivity contribution in [3.63, 3.8) is 0 Å². The topological polar surface area (TPSA) is 29.1 Å². The fourth-order valence-corrected chi connectivity index (χ4v) is 1.36. The van der Waals surface area contributed by atoms with Gasteiger partial charge in [0.2, 0.25) is 5.91 Å². The van der Waals surface area contributed by atoms with E-state index in [2.05, 4.69) is 5.32 Å². The first-order chi connectivity index (χ1) is 6.63. The molecule has 76 valence electrons. The molecular weight excluding hydrogens is 221 g/mol. The Morgan fingerprint density at radius 1 is 1.50 bits per heavy atom. The van der Waals surface area contributed by atoms with Gasteiger partial charge in [0.25, 0.3) is 0 Å². The van der Waals surface area contributed by atoms with E-state index in [1.807, 2.05) is 25.1 Å². The van der Waals surface area contributed by atoms with Crippen LogP contribution in [0.1, 0.15) is 11.1 Å². The number of hydrogen-bond acceptors (Lipinski definition) is 1. The molecule has 1 aromatic carbocycles. The van der Waals surface area contributed by atoms with Crippen molar-refractivity contribution in [2.45, 2.75) is 13.5 Å². The molecule has 2 nitrogen and oxygen atoms in total. The van der Waals surface area contributed by atoms with Gasteiger partial charge in [-0.15, -0.1) is 11.6 Å². The predicted octanol–water partition coefficient (Wildman–Crippen LogP) is 2.50. The standard InChI is InChI=1S/C10H11Cl2NO/c1-7-2-3-9(12)8(4-7)6-13-10(14)5-11/h2-4H,5-6H2,1H3,(H,13,14). The minimum atomic E-state index is -0.191. The number of carbonyl (C=O) groups is 1. The van der Waals surface area contributed by atoms with Gasteiger partial charge in [-0.1, -0.05) is 29.3 Å². The Morgan fingerprint density at radius 3 is 2.86 bits per heavy atom.